The number of rotatable bonds is 7. The summed E-state index contributed by atoms with van der Waals surface area (Å²) in [5, 5.41) is 2.60. The maximum atomic E-state index is 12.7. The van der Waals surface area contributed by atoms with Gasteiger partial charge in [0.05, 0.1) is 18.2 Å². The SMILES string of the molecule is COc1cccc(NC(=O)COC(=O)C(C(C)C)N2C(=O)c3ccccc3C2=O)c1. The second-order valence-electron chi connectivity index (χ2n) is 7.10. The standard InChI is InChI=1S/C22H22N2O6/c1-13(2)19(24-20(26)16-9-4-5-10-17(16)21(24)27)22(28)30-12-18(25)23-14-7-6-8-15(11-14)29-3/h4-11,13,19H,12H2,1-3H3,(H,23,25). The van der Waals surface area contributed by atoms with Crippen molar-refractivity contribution in [3.05, 3.63) is 59.7 Å². The van der Waals surface area contributed by atoms with Crippen molar-refractivity contribution in [1.82, 2.24) is 4.90 Å². The minimum Gasteiger partial charge on any atom is -0.497 e. The fourth-order valence-electron chi connectivity index (χ4n) is 3.26. The highest BCUT2D eigenvalue weighted by molar-refractivity contribution is 6.22. The van der Waals surface area contributed by atoms with E-state index in [9.17, 15) is 19.2 Å². The Morgan fingerprint density at radius 1 is 1.00 bits per heavy atom. The van der Waals surface area contributed by atoms with Gasteiger partial charge in [-0.3, -0.25) is 19.3 Å². The van der Waals surface area contributed by atoms with Gasteiger partial charge in [0, 0.05) is 11.8 Å². The lowest BCUT2D eigenvalue weighted by Crippen LogP contribution is -2.49. The van der Waals surface area contributed by atoms with Crippen molar-refractivity contribution in [3.63, 3.8) is 0 Å². The van der Waals surface area contributed by atoms with Gasteiger partial charge in [0.15, 0.2) is 6.61 Å². The third kappa shape index (κ3) is 4.17. The summed E-state index contributed by atoms with van der Waals surface area (Å²) < 4.78 is 10.2. The molecule has 3 amide bonds. The molecule has 1 aliphatic rings. The summed E-state index contributed by atoms with van der Waals surface area (Å²) in [5.74, 6) is -2.31. The summed E-state index contributed by atoms with van der Waals surface area (Å²) >= 11 is 0. The Bertz CT molecular complexity index is 966. The van der Waals surface area contributed by atoms with E-state index in [1.165, 1.54) is 7.11 Å². The van der Waals surface area contributed by atoms with E-state index < -0.39 is 42.3 Å². The molecular formula is C22H22N2O6. The number of nitrogens with zero attached hydrogens (tertiary/aromatic N) is 1. The summed E-state index contributed by atoms with van der Waals surface area (Å²) in [7, 11) is 1.51. The van der Waals surface area contributed by atoms with Gasteiger partial charge >= 0.3 is 5.97 Å². The molecular weight excluding hydrogens is 388 g/mol. The molecule has 30 heavy (non-hydrogen) atoms. The van der Waals surface area contributed by atoms with Gasteiger partial charge < -0.3 is 14.8 Å². The molecule has 3 rings (SSSR count). The first kappa shape index (κ1) is 21.0. The molecule has 0 saturated carbocycles. The van der Waals surface area contributed by atoms with E-state index in [-0.39, 0.29) is 11.1 Å². The van der Waals surface area contributed by atoms with Crippen LogP contribution in [-0.4, -0.2) is 48.3 Å². The maximum absolute atomic E-state index is 12.7. The molecule has 1 unspecified atom stereocenters. The zero-order valence-corrected chi connectivity index (χ0v) is 16.9. The molecule has 1 atom stereocenters. The highest BCUT2D eigenvalue weighted by atomic mass is 16.5. The van der Waals surface area contributed by atoms with Crippen molar-refractivity contribution in [3.8, 4) is 5.75 Å². The number of benzene rings is 2. The summed E-state index contributed by atoms with van der Waals surface area (Å²) in [6, 6.07) is 12.0. The number of methoxy groups -OCH3 is 1. The number of hydrogen-bond acceptors (Lipinski definition) is 6. The fraction of sp³-hybridized carbons (Fsp3) is 0.273. The Balaban J connectivity index is 1.67. The monoisotopic (exact) mass is 410 g/mol. The third-order valence-electron chi connectivity index (χ3n) is 4.68. The van der Waals surface area contributed by atoms with Gasteiger partial charge in [-0.2, -0.15) is 0 Å². The van der Waals surface area contributed by atoms with Crippen LogP contribution in [-0.2, 0) is 14.3 Å². The van der Waals surface area contributed by atoms with E-state index >= 15 is 0 Å². The average Bonchev–Trinajstić information content (AvgIpc) is 2.98. The molecule has 0 bridgehead atoms. The van der Waals surface area contributed by atoms with Gasteiger partial charge in [0.1, 0.15) is 11.8 Å². The largest absolute Gasteiger partial charge is 0.497 e. The van der Waals surface area contributed by atoms with Crippen molar-refractivity contribution in [2.75, 3.05) is 19.0 Å². The first-order valence-corrected chi connectivity index (χ1v) is 9.41. The average molecular weight is 410 g/mol. The van der Waals surface area contributed by atoms with Crippen LogP contribution in [0.5, 0.6) is 5.75 Å². The smallest absolute Gasteiger partial charge is 0.330 e. The molecule has 0 saturated heterocycles. The first-order chi connectivity index (χ1) is 14.3. The summed E-state index contributed by atoms with van der Waals surface area (Å²) in [6.07, 6.45) is 0. The number of fused-ring (bicyclic) bond motifs is 1. The number of imide groups is 1. The Hall–Kier alpha value is -3.68. The molecule has 2 aromatic rings. The summed E-state index contributed by atoms with van der Waals surface area (Å²) in [6.45, 7) is 2.85. The highest BCUT2D eigenvalue weighted by Gasteiger charge is 2.44. The number of hydrogen-bond donors (Lipinski definition) is 1. The van der Waals surface area contributed by atoms with E-state index in [0.29, 0.717) is 11.4 Å². The number of carbonyl (C=O) groups excluding carboxylic acids is 4. The van der Waals surface area contributed by atoms with Crippen molar-refractivity contribution in [2.24, 2.45) is 5.92 Å². The number of ether oxygens (including phenoxy) is 2. The number of nitrogens with one attached hydrogen (secondary N) is 1. The Kier molecular flexibility index (Phi) is 6.15. The van der Waals surface area contributed by atoms with Gasteiger partial charge in [-0.1, -0.05) is 32.0 Å². The Morgan fingerprint density at radius 3 is 2.20 bits per heavy atom. The molecule has 1 N–H and O–H groups in total. The molecule has 8 nitrogen and oxygen atoms in total. The number of esters is 1. The lowest BCUT2D eigenvalue weighted by Gasteiger charge is -2.27. The number of anilines is 1. The molecule has 0 spiro atoms. The van der Waals surface area contributed by atoms with Gasteiger partial charge in [0.2, 0.25) is 0 Å². The van der Waals surface area contributed by atoms with Crippen LogP contribution in [0, 0.1) is 5.92 Å². The van der Waals surface area contributed by atoms with Crippen LogP contribution in [0.4, 0.5) is 5.69 Å². The zero-order valence-electron chi connectivity index (χ0n) is 16.9. The van der Waals surface area contributed by atoms with Gasteiger partial charge in [0.25, 0.3) is 17.7 Å². The van der Waals surface area contributed by atoms with Crippen molar-refractivity contribution < 1.29 is 28.7 Å². The van der Waals surface area contributed by atoms with Crippen LogP contribution >= 0.6 is 0 Å². The molecule has 0 fully saturated rings. The predicted molar refractivity (Wildman–Crippen MR) is 108 cm³/mol. The van der Waals surface area contributed by atoms with Crippen LogP contribution in [0.3, 0.4) is 0 Å². The van der Waals surface area contributed by atoms with Gasteiger partial charge in [-0.25, -0.2) is 4.79 Å². The molecule has 1 heterocycles. The molecule has 2 aromatic carbocycles. The van der Waals surface area contributed by atoms with Crippen LogP contribution in [0.15, 0.2) is 48.5 Å². The highest BCUT2D eigenvalue weighted by Crippen LogP contribution is 2.27. The second kappa shape index (κ2) is 8.77. The van der Waals surface area contributed by atoms with E-state index in [1.807, 2.05) is 0 Å². The molecule has 0 aromatic heterocycles. The molecule has 0 aliphatic carbocycles. The van der Waals surface area contributed by atoms with E-state index in [2.05, 4.69) is 5.32 Å². The number of carbonyl (C=O) groups is 4. The first-order valence-electron chi connectivity index (χ1n) is 9.41. The quantitative estimate of drug-likeness (QED) is 0.556. The van der Waals surface area contributed by atoms with E-state index in [0.717, 1.165) is 4.90 Å². The lowest BCUT2D eigenvalue weighted by molar-refractivity contribution is -0.152. The summed E-state index contributed by atoms with van der Waals surface area (Å²) in [5.41, 5.74) is 0.976. The Labute approximate surface area is 173 Å². The van der Waals surface area contributed by atoms with Crippen LogP contribution in [0.25, 0.3) is 0 Å². The lowest BCUT2D eigenvalue weighted by atomic mass is 10.0. The van der Waals surface area contributed by atoms with Crippen molar-refractivity contribution in [2.45, 2.75) is 19.9 Å². The van der Waals surface area contributed by atoms with Crippen molar-refractivity contribution >= 4 is 29.4 Å². The number of amides is 3. The van der Waals surface area contributed by atoms with Gasteiger partial charge in [-0.05, 0) is 30.2 Å². The van der Waals surface area contributed by atoms with Crippen LogP contribution < -0.4 is 10.1 Å². The van der Waals surface area contributed by atoms with Crippen LogP contribution in [0.2, 0.25) is 0 Å². The topological polar surface area (TPSA) is 102 Å². The van der Waals surface area contributed by atoms with Gasteiger partial charge in [-0.15, -0.1) is 0 Å². The fourth-order valence-corrected chi connectivity index (χ4v) is 3.26. The second-order valence-corrected chi connectivity index (χ2v) is 7.10. The maximum Gasteiger partial charge on any atom is 0.330 e. The molecule has 156 valence electrons. The molecule has 0 radical (unpaired) electrons. The van der Waals surface area contributed by atoms with Crippen LogP contribution in [0.1, 0.15) is 34.6 Å². The summed E-state index contributed by atoms with van der Waals surface area (Å²) in [4.78, 5) is 51.2. The van der Waals surface area contributed by atoms with E-state index in [4.69, 9.17) is 9.47 Å². The Morgan fingerprint density at radius 2 is 1.63 bits per heavy atom. The normalized spacial score (nSPS) is 13.8. The minimum absolute atomic E-state index is 0.247. The van der Waals surface area contributed by atoms with Crippen molar-refractivity contribution in [1.29, 1.82) is 0 Å². The molecule has 1 aliphatic heterocycles. The van der Waals surface area contributed by atoms with E-state index in [1.54, 1.807) is 62.4 Å². The minimum atomic E-state index is -1.14. The third-order valence-corrected chi connectivity index (χ3v) is 4.68. The zero-order chi connectivity index (χ0) is 21.8. The predicted octanol–water partition coefficient (Wildman–Crippen LogP) is 2.50. The molecule has 8 heteroatoms.